The third-order valence-corrected chi connectivity index (χ3v) is 2.84. The SMILES string of the molecule is CCNC(=O)C(C)(NCC(C)C)C(C)C. The molecular weight excluding hydrogens is 188 g/mol. The van der Waals surface area contributed by atoms with E-state index in [9.17, 15) is 4.79 Å². The van der Waals surface area contributed by atoms with Crippen molar-refractivity contribution in [3.8, 4) is 0 Å². The molecule has 0 fully saturated rings. The number of carbonyl (C=O) groups excluding carboxylic acids is 1. The van der Waals surface area contributed by atoms with E-state index in [-0.39, 0.29) is 11.8 Å². The fraction of sp³-hybridized carbons (Fsp3) is 0.917. The van der Waals surface area contributed by atoms with Crippen LogP contribution in [0.5, 0.6) is 0 Å². The van der Waals surface area contributed by atoms with Gasteiger partial charge in [0.2, 0.25) is 5.91 Å². The van der Waals surface area contributed by atoms with Crippen molar-refractivity contribution in [3.05, 3.63) is 0 Å². The van der Waals surface area contributed by atoms with Gasteiger partial charge in [-0.05, 0) is 32.2 Å². The molecule has 0 aromatic rings. The predicted molar refractivity (Wildman–Crippen MR) is 64.8 cm³/mol. The summed E-state index contributed by atoms with van der Waals surface area (Å²) in [5.41, 5.74) is -0.458. The molecule has 0 aliphatic rings. The van der Waals surface area contributed by atoms with Crippen LogP contribution < -0.4 is 10.6 Å². The summed E-state index contributed by atoms with van der Waals surface area (Å²) in [7, 11) is 0. The first-order valence-electron chi connectivity index (χ1n) is 5.87. The largest absolute Gasteiger partial charge is 0.355 e. The molecule has 0 saturated carbocycles. The molecule has 1 amide bonds. The molecule has 0 heterocycles. The van der Waals surface area contributed by atoms with Crippen molar-refractivity contribution in [1.82, 2.24) is 10.6 Å². The van der Waals surface area contributed by atoms with E-state index in [1.807, 2.05) is 13.8 Å². The van der Waals surface area contributed by atoms with E-state index in [1.165, 1.54) is 0 Å². The van der Waals surface area contributed by atoms with Crippen LogP contribution in [-0.4, -0.2) is 24.5 Å². The highest BCUT2D eigenvalue weighted by molar-refractivity contribution is 5.86. The van der Waals surface area contributed by atoms with E-state index in [2.05, 4.69) is 38.3 Å². The first-order valence-corrected chi connectivity index (χ1v) is 5.87. The molecule has 0 aliphatic carbocycles. The Hall–Kier alpha value is -0.570. The van der Waals surface area contributed by atoms with E-state index < -0.39 is 5.54 Å². The van der Waals surface area contributed by atoms with Crippen molar-refractivity contribution in [2.24, 2.45) is 11.8 Å². The topological polar surface area (TPSA) is 41.1 Å². The Bertz CT molecular complexity index is 202. The summed E-state index contributed by atoms with van der Waals surface area (Å²) in [6.07, 6.45) is 0. The molecule has 0 aromatic carbocycles. The van der Waals surface area contributed by atoms with Gasteiger partial charge in [0.05, 0.1) is 5.54 Å². The smallest absolute Gasteiger partial charge is 0.240 e. The van der Waals surface area contributed by atoms with Crippen molar-refractivity contribution >= 4 is 5.91 Å². The van der Waals surface area contributed by atoms with Gasteiger partial charge in [-0.25, -0.2) is 0 Å². The minimum absolute atomic E-state index is 0.0978. The van der Waals surface area contributed by atoms with Crippen LogP contribution in [0.2, 0.25) is 0 Å². The average Bonchev–Trinajstić information content (AvgIpc) is 2.14. The lowest BCUT2D eigenvalue weighted by molar-refractivity contribution is -0.128. The van der Waals surface area contributed by atoms with Crippen molar-refractivity contribution in [3.63, 3.8) is 0 Å². The van der Waals surface area contributed by atoms with Crippen molar-refractivity contribution in [1.29, 1.82) is 0 Å². The quantitative estimate of drug-likeness (QED) is 0.707. The van der Waals surface area contributed by atoms with Gasteiger partial charge in [-0.1, -0.05) is 27.7 Å². The van der Waals surface area contributed by atoms with E-state index in [0.29, 0.717) is 12.5 Å². The molecule has 15 heavy (non-hydrogen) atoms. The molecule has 2 N–H and O–H groups in total. The Labute approximate surface area is 94.0 Å². The van der Waals surface area contributed by atoms with Gasteiger partial charge in [0.1, 0.15) is 0 Å². The zero-order valence-corrected chi connectivity index (χ0v) is 11.0. The van der Waals surface area contributed by atoms with Crippen molar-refractivity contribution in [2.75, 3.05) is 13.1 Å². The van der Waals surface area contributed by atoms with Gasteiger partial charge >= 0.3 is 0 Å². The van der Waals surface area contributed by atoms with Gasteiger partial charge in [-0.2, -0.15) is 0 Å². The van der Waals surface area contributed by atoms with Gasteiger partial charge in [-0.3, -0.25) is 4.79 Å². The highest BCUT2D eigenvalue weighted by Gasteiger charge is 2.35. The molecule has 0 rings (SSSR count). The van der Waals surface area contributed by atoms with Crippen LogP contribution in [0.3, 0.4) is 0 Å². The maximum atomic E-state index is 11.9. The first kappa shape index (κ1) is 14.4. The van der Waals surface area contributed by atoms with E-state index in [4.69, 9.17) is 0 Å². The molecule has 1 unspecified atom stereocenters. The van der Waals surface area contributed by atoms with E-state index in [0.717, 1.165) is 6.54 Å². The summed E-state index contributed by atoms with van der Waals surface area (Å²) < 4.78 is 0. The Morgan fingerprint density at radius 1 is 1.27 bits per heavy atom. The monoisotopic (exact) mass is 214 g/mol. The predicted octanol–water partition coefficient (Wildman–Crippen LogP) is 1.78. The summed E-state index contributed by atoms with van der Waals surface area (Å²) in [4.78, 5) is 11.9. The maximum Gasteiger partial charge on any atom is 0.240 e. The Kier molecular flexibility index (Phi) is 5.88. The molecule has 0 aliphatic heterocycles. The van der Waals surface area contributed by atoms with Gasteiger partial charge < -0.3 is 10.6 Å². The second-order valence-electron chi connectivity index (χ2n) is 4.99. The minimum Gasteiger partial charge on any atom is -0.355 e. The first-order chi connectivity index (χ1) is 6.84. The maximum absolute atomic E-state index is 11.9. The fourth-order valence-corrected chi connectivity index (χ4v) is 1.31. The summed E-state index contributed by atoms with van der Waals surface area (Å²) in [5, 5.41) is 6.26. The fourth-order valence-electron chi connectivity index (χ4n) is 1.31. The third kappa shape index (κ3) is 4.20. The third-order valence-electron chi connectivity index (χ3n) is 2.84. The van der Waals surface area contributed by atoms with Crippen LogP contribution in [-0.2, 0) is 4.79 Å². The summed E-state index contributed by atoms with van der Waals surface area (Å²) in [6, 6.07) is 0. The van der Waals surface area contributed by atoms with E-state index in [1.54, 1.807) is 0 Å². The minimum atomic E-state index is -0.458. The van der Waals surface area contributed by atoms with Crippen LogP contribution >= 0.6 is 0 Å². The molecule has 1 atom stereocenters. The highest BCUT2D eigenvalue weighted by Crippen LogP contribution is 2.17. The van der Waals surface area contributed by atoms with Crippen LogP contribution in [0.25, 0.3) is 0 Å². The van der Waals surface area contributed by atoms with Crippen molar-refractivity contribution in [2.45, 2.75) is 47.1 Å². The zero-order valence-electron chi connectivity index (χ0n) is 11.0. The Morgan fingerprint density at radius 2 is 1.80 bits per heavy atom. The lowest BCUT2D eigenvalue weighted by atomic mass is 9.87. The number of rotatable bonds is 6. The van der Waals surface area contributed by atoms with Crippen LogP contribution in [0, 0.1) is 11.8 Å². The molecule has 90 valence electrons. The number of carbonyl (C=O) groups is 1. The van der Waals surface area contributed by atoms with Crippen LogP contribution in [0.4, 0.5) is 0 Å². The second kappa shape index (κ2) is 6.11. The van der Waals surface area contributed by atoms with E-state index >= 15 is 0 Å². The van der Waals surface area contributed by atoms with Crippen LogP contribution in [0.15, 0.2) is 0 Å². The van der Waals surface area contributed by atoms with Gasteiger partial charge in [0.15, 0.2) is 0 Å². The molecule has 0 aromatic heterocycles. The van der Waals surface area contributed by atoms with Gasteiger partial charge in [0, 0.05) is 6.54 Å². The molecular formula is C12H26N2O. The lowest BCUT2D eigenvalue weighted by Gasteiger charge is -2.34. The van der Waals surface area contributed by atoms with Gasteiger partial charge in [0.25, 0.3) is 0 Å². The van der Waals surface area contributed by atoms with Crippen LogP contribution in [0.1, 0.15) is 41.5 Å². The normalized spacial score (nSPS) is 15.5. The number of hydrogen-bond donors (Lipinski definition) is 2. The highest BCUT2D eigenvalue weighted by atomic mass is 16.2. The Morgan fingerprint density at radius 3 is 2.13 bits per heavy atom. The lowest BCUT2D eigenvalue weighted by Crippen LogP contribution is -2.58. The summed E-state index contributed by atoms with van der Waals surface area (Å²) in [5.74, 6) is 0.931. The average molecular weight is 214 g/mol. The number of hydrogen-bond acceptors (Lipinski definition) is 2. The molecule has 3 heteroatoms. The number of nitrogens with one attached hydrogen (secondary N) is 2. The summed E-state index contributed by atoms with van der Waals surface area (Å²) in [6.45, 7) is 13.9. The molecule has 0 bridgehead atoms. The molecule has 3 nitrogen and oxygen atoms in total. The summed E-state index contributed by atoms with van der Waals surface area (Å²) >= 11 is 0. The standard InChI is InChI=1S/C12H26N2O/c1-7-13-11(15)12(6,10(4)5)14-8-9(2)3/h9-10,14H,7-8H2,1-6H3,(H,13,15). The second-order valence-corrected chi connectivity index (χ2v) is 4.99. The van der Waals surface area contributed by atoms with Crippen molar-refractivity contribution < 1.29 is 4.79 Å². The number of amides is 1. The molecule has 0 radical (unpaired) electrons. The molecule has 0 spiro atoms. The van der Waals surface area contributed by atoms with Gasteiger partial charge in [-0.15, -0.1) is 0 Å². The Balaban J connectivity index is 4.51. The molecule has 0 saturated heterocycles. The zero-order chi connectivity index (χ0) is 12.1. The number of likely N-dealkylation sites (N-methyl/N-ethyl adjacent to an activating group) is 1.